The van der Waals surface area contributed by atoms with E-state index < -0.39 is 0 Å². The molecule has 1 saturated heterocycles. The maximum atomic E-state index is 11.6. The van der Waals surface area contributed by atoms with Crippen LogP contribution >= 0.6 is 11.8 Å². The third-order valence-corrected chi connectivity index (χ3v) is 3.44. The molecular weight excluding hydrogens is 208 g/mol. The summed E-state index contributed by atoms with van der Waals surface area (Å²) < 4.78 is 0. The average molecular weight is 230 g/mol. The monoisotopic (exact) mass is 230 g/mol. The Morgan fingerprint density at radius 3 is 3.07 bits per heavy atom. The summed E-state index contributed by atoms with van der Waals surface area (Å²) >= 11 is 1.80. The summed E-state index contributed by atoms with van der Waals surface area (Å²) in [6.07, 6.45) is 5.88. The second-order valence-corrected chi connectivity index (χ2v) is 5.23. The number of piperidine rings is 1. The Labute approximate surface area is 96.8 Å². The van der Waals surface area contributed by atoms with Gasteiger partial charge in [0.1, 0.15) is 0 Å². The lowest BCUT2D eigenvalue weighted by atomic mass is 10.0. The van der Waals surface area contributed by atoms with Crippen LogP contribution in [0.15, 0.2) is 0 Å². The van der Waals surface area contributed by atoms with Gasteiger partial charge in [-0.15, -0.1) is 0 Å². The van der Waals surface area contributed by atoms with E-state index in [1.54, 1.807) is 11.8 Å². The van der Waals surface area contributed by atoms with E-state index in [-0.39, 0.29) is 5.91 Å². The van der Waals surface area contributed by atoms with Gasteiger partial charge < -0.3 is 10.6 Å². The molecule has 3 nitrogen and oxygen atoms in total. The van der Waals surface area contributed by atoms with Crippen LogP contribution in [0.4, 0.5) is 0 Å². The zero-order valence-corrected chi connectivity index (χ0v) is 10.5. The van der Waals surface area contributed by atoms with Gasteiger partial charge in [-0.2, -0.15) is 11.8 Å². The third-order valence-electron chi connectivity index (χ3n) is 2.74. The zero-order chi connectivity index (χ0) is 11.1. The molecule has 2 unspecified atom stereocenters. The van der Waals surface area contributed by atoms with Crippen LogP contribution in [0.3, 0.4) is 0 Å². The summed E-state index contributed by atoms with van der Waals surface area (Å²) in [7, 11) is 0. The number of carbonyl (C=O) groups excluding carboxylic acids is 1. The number of hydrogen-bond donors (Lipinski definition) is 2. The van der Waals surface area contributed by atoms with Gasteiger partial charge in [0.2, 0.25) is 5.91 Å². The smallest absolute Gasteiger partial charge is 0.220 e. The van der Waals surface area contributed by atoms with Crippen LogP contribution in [0.25, 0.3) is 0 Å². The van der Waals surface area contributed by atoms with E-state index in [4.69, 9.17) is 0 Å². The largest absolute Gasteiger partial charge is 0.353 e. The first-order chi connectivity index (χ1) is 7.22. The molecule has 2 atom stereocenters. The van der Waals surface area contributed by atoms with Crippen molar-refractivity contribution in [1.82, 2.24) is 10.6 Å². The molecule has 0 radical (unpaired) electrons. The minimum atomic E-state index is 0.225. The number of nitrogens with one attached hydrogen (secondary N) is 2. The topological polar surface area (TPSA) is 41.1 Å². The molecule has 88 valence electrons. The molecule has 4 heteroatoms. The highest BCUT2D eigenvalue weighted by atomic mass is 32.2. The molecule has 0 aromatic rings. The zero-order valence-electron chi connectivity index (χ0n) is 9.71. The maximum absolute atomic E-state index is 11.6. The predicted molar refractivity (Wildman–Crippen MR) is 66.2 cm³/mol. The Bertz CT molecular complexity index is 199. The fourth-order valence-electron chi connectivity index (χ4n) is 1.94. The van der Waals surface area contributed by atoms with Crippen LogP contribution in [0.5, 0.6) is 0 Å². The molecule has 0 spiro atoms. The molecule has 1 aliphatic rings. The van der Waals surface area contributed by atoms with Gasteiger partial charge in [-0.3, -0.25) is 4.79 Å². The number of thioether (sulfide) groups is 1. The second kappa shape index (κ2) is 7.12. The van der Waals surface area contributed by atoms with Gasteiger partial charge in [0.25, 0.3) is 0 Å². The summed E-state index contributed by atoms with van der Waals surface area (Å²) in [5, 5.41) is 6.50. The minimum absolute atomic E-state index is 0.225. The summed E-state index contributed by atoms with van der Waals surface area (Å²) in [4.78, 5) is 11.6. The molecule has 0 aromatic heterocycles. The van der Waals surface area contributed by atoms with Crippen LogP contribution in [0.2, 0.25) is 0 Å². The number of amides is 1. The molecule has 1 rings (SSSR count). The van der Waals surface area contributed by atoms with Crippen molar-refractivity contribution in [3.63, 3.8) is 0 Å². The van der Waals surface area contributed by atoms with Gasteiger partial charge in [-0.05, 0) is 44.7 Å². The molecule has 1 aliphatic heterocycles. The third kappa shape index (κ3) is 5.42. The Morgan fingerprint density at radius 1 is 1.60 bits per heavy atom. The van der Waals surface area contributed by atoms with E-state index in [0.717, 1.165) is 31.6 Å². The van der Waals surface area contributed by atoms with Crippen molar-refractivity contribution in [2.24, 2.45) is 0 Å². The minimum Gasteiger partial charge on any atom is -0.353 e. The molecule has 1 amide bonds. The van der Waals surface area contributed by atoms with Gasteiger partial charge in [-0.1, -0.05) is 0 Å². The first-order valence-electron chi connectivity index (χ1n) is 5.74. The van der Waals surface area contributed by atoms with E-state index in [1.165, 1.54) is 0 Å². The van der Waals surface area contributed by atoms with E-state index in [1.807, 2.05) is 0 Å². The quantitative estimate of drug-likeness (QED) is 0.701. The fraction of sp³-hybridized carbons (Fsp3) is 0.909. The Kier molecular flexibility index (Phi) is 6.10. The lowest BCUT2D eigenvalue weighted by molar-refractivity contribution is -0.122. The summed E-state index contributed by atoms with van der Waals surface area (Å²) in [5.74, 6) is 1.30. The Hall–Kier alpha value is -0.220. The lowest BCUT2D eigenvalue weighted by Crippen LogP contribution is -2.46. The van der Waals surface area contributed by atoms with Crippen molar-refractivity contribution >= 4 is 17.7 Å². The summed E-state index contributed by atoms with van der Waals surface area (Å²) in [5.41, 5.74) is 0. The molecule has 0 bridgehead atoms. The van der Waals surface area contributed by atoms with Crippen molar-refractivity contribution in [1.29, 1.82) is 0 Å². The second-order valence-electron chi connectivity index (χ2n) is 4.24. The first kappa shape index (κ1) is 12.8. The molecule has 1 fully saturated rings. The number of carbonyl (C=O) groups is 1. The van der Waals surface area contributed by atoms with Crippen LogP contribution in [0.1, 0.15) is 32.6 Å². The van der Waals surface area contributed by atoms with E-state index >= 15 is 0 Å². The highest BCUT2D eigenvalue weighted by Crippen LogP contribution is 2.08. The van der Waals surface area contributed by atoms with E-state index in [2.05, 4.69) is 23.8 Å². The average Bonchev–Trinajstić information content (AvgIpc) is 2.18. The van der Waals surface area contributed by atoms with Crippen LogP contribution in [-0.4, -0.2) is 36.5 Å². The normalized spacial score (nSPS) is 26.3. The van der Waals surface area contributed by atoms with Gasteiger partial charge in [0, 0.05) is 18.5 Å². The number of rotatable bonds is 5. The molecular formula is C11H22N2OS. The molecule has 0 aliphatic carbocycles. The number of hydrogen-bond acceptors (Lipinski definition) is 3. The lowest BCUT2D eigenvalue weighted by Gasteiger charge is -2.28. The highest BCUT2D eigenvalue weighted by Gasteiger charge is 2.19. The standard InChI is InChI=1S/C11H22N2OS/c1-9-8-10(5-6-12-9)13-11(14)4-3-7-15-2/h9-10,12H,3-8H2,1-2H3,(H,13,14). The van der Waals surface area contributed by atoms with Gasteiger partial charge >= 0.3 is 0 Å². The summed E-state index contributed by atoms with van der Waals surface area (Å²) in [6, 6.07) is 0.929. The highest BCUT2D eigenvalue weighted by molar-refractivity contribution is 7.98. The summed E-state index contributed by atoms with van der Waals surface area (Å²) in [6.45, 7) is 3.20. The van der Waals surface area contributed by atoms with Crippen LogP contribution < -0.4 is 10.6 Å². The first-order valence-corrected chi connectivity index (χ1v) is 7.13. The predicted octanol–water partition coefficient (Wildman–Crippen LogP) is 1.39. The van der Waals surface area contributed by atoms with Gasteiger partial charge in [0.05, 0.1) is 0 Å². The van der Waals surface area contributed by atoms with Gasteiger partial charge in [0.15, 0.2) is 0 Å². The van der Waals surface area contributed by atoms with Crippen molar-refractivity contribution in [3.8, 4) is 0 Å². The molecule has 0 saturated carbocycles. The van der Waals surface area contributed by atoms with Crippen LogP contribution in [-0.2, 0) is 4.79 Å². The Morgan fingerprint density at radius 2 is 2.40 bits per heavy atom. The molecule has 2 N–H and O–H groups in total. The Balaban J connectivity index is 2.13. The van der Waals surface area contributed by atoms with Crippen molar-refractivity contribution in [2.75, 3.05) is 18.6 Å². The van der Waals surface area contributed by atoms with Crippen molar-refractivity contribution < 1.29 is 4.79 Å². The van der Waals surface area contributed by atoms with Crippen molar-refractivity contribution in [3.05, 3.63) is 0 Å². The molecule has 15 heavy (non-hydrogen) atoms. The molecule has 1 heterocycles. The van der Waals surface area contributed by atoms with Crippen molar-refractivity contribution in [2.45, 2.75) is 44.7 Å². The molecule has 0 aromatic carbocycles. The SMILES string of the molecule is CSCCCC(=O)NC1CCNC(C)C1. The maximum Gasteiger partial charge on any atom is 0.220 e. The fourth-order valence-corrected chi connectivity index (χ4v) is 2.37. The van der Waals surface area contributed by atoms with E-state index in [9.17, 15) is 4.79 Å². The van der Waals surface area contributed by atoms with E-state index in [0.29, 0.717) is 18.5 Å². The van der Waals surface area contributed by atoms with Crippen LogP contribution in [0, 0.1) is 0 Å². The van der Waals surface area contributed by atoms with Gasteiger partial charge in [-0.25, -0.2) is 0 Å².